The highest BCUT2D eigenvalue weighted by Gasteiger charge is 2.46. The lowest BCUT2D eigenvalue weighted by Crippen LogP contribution is -2.30. The number of benzene rings is 2. The fourth-order valence-electron chi connectivity index (χ4n) is 3.82. The Kier molecular flexibility index (Phi) is 4.06. The van der Waals surface area contributed by atoms with Crippen LogP contribution in [-0.4, -0.2) is 16.8 Å². The molecule has 0 saturated heterocycles. The van der Waals surface area contributed by atoms with Crippen molar-refractivity contribution in [3.63, 3.8) is 0 Å². The summed E-state index contributed by atoms with van der Waals surface area (Å²) in [6, 6.07) is 18.6. The number of ketones is 1. The van der Waals surface area contributed by atoms with Crippen molar-refractivity contribution in [2.75, 3.05) is 4.90 Å². The molecule has 0 fully saturated rings. The molecule has 0 radical (unpaired) electrons. The first kappa shape index (κ1) is 18.0. The van der Waals surface area contributed by atoms with Crippen LogP contribution in [0.25, 0.3) is 11.0 Å². The Balaban J connectivity index is 1.65. The molecule has 0 saturated carbocycles. The molecule has 1 amide bonds. The molecule has 4 aromatic rings. The van der Waals surface area contributed by atoms with Crippen LogP contribution in [0.4, 0.5) is 5.69 Å². The van der Waals surface area contributed by atoms with Crippen molar-refractivity contribution in [1.82, 2.24) is 0 Å². The summed E-state index contributed by atoms with van der Waals surface area (Å²) in [7, 11) is 0. The highest BCUT2D eigenvalue weighted by atomic mass is 16.3. The van der Waals surface area contributed by atoms with E-state index in [0.29, 0.717) is 17.0 Å². The van der Waals surface area contributed by atoms with Gasteiger partial charge in [0.1, 0.15) is 17.4 Å². The molecule has 148 valence electrons. The standard InChI is InChI=1S/C24H17NO5/c1-14-6-4-8-16(12-14)25-21(18-10-5-11-29-18)20(23(27)24(25)28)22(26)19-13-15-7-2-3-9-17(15)30-19/h2-13,21,27H,1H3. The van der Waals surface area contributed by atoms with Crippen LogP contribution in [0.3, 0.4) is 0 Å². The molecule has 0 aliphatic carbocycles. The van der Waals surface area contributed by atoms with E-state index in [0.717, 1.165) is 10.9 Å². The molecule has 5 rings (SSSR count). The van der Waals surface area contributed by atoms with Crippen molar-refractivity contribution in [3.8, 4) is 0 Å². The highest BCUT2D eigenvalue weighted by molar-refractivity contribution is 6.20. The van der Waals surface area contributed by atoms with E-state index in [1.54, 1.807) is 36.4 Å². The van der Waals surface area contributed by atoms with Crippen LogP contribution >= 0.6 is 0 Å². The van der Waals surface area contributed by atoms with E-state index in [-0.39, 0.29) is 11.3 Å². The zero-order valence-corrected chi connectivity index (χ0v) is 16.0. The van der Waals surface area contributed by atoms with Gasteiger partial charge in [0.25, 0.3) is 5.91 Å². The van der Waals surface area contributed by atoms with Gasteiger partial charge in [-0.3, -0.25) is 14.5 Å². The van der Waals surface area contributed by atoms with Crippen LogP contribution in [0.15, 0.2) is 93.2 Å². The number of para-hydroxylation sites is 1. The number of carbonyl (C=O) groups is 2. The van der Waals surface area contributed by atoms with Crippen LogP contribution < -0.4 is 4.90 Å². The smallest absolute Gasteiger partial charge is 0.294 e. The molecular weight excluding hydrogens is 382 g/mol. The molecule has 0 spiro atoms. The summed E-state index contributed by atoms with van der Waals surface area (Å²) in [5, 5.41) is 11.5. The number of hydrogen-bond donors (Lipinski definition) is 1. The number of nitrogens with zero attached hydrogens (tertiary/aromatic N) is 1. The lowest BCUT2D eigenvalue weighted by Gasteiger charge is -2.25. The van der Waals surface area contributed by atoms with E-state index in [9.17, 15) is 14.7 Å². The predicted octanol–water partition coefficient (Wildman–Crippen LogP) is 5.12. The molecule has 2 aromatic carbocycles. The summed E-state index contributed by atoms with van der Waals surface area (Å²) in [5.41, 5.74) is 1.97. The summed E-state index contributed by atoms with van der Waals surface area (Å²) in [4.78, 5) is 27.8. The molecule has 0 bridgehead atoms. The largest absolute Gasteiger partial charge is 0.503 e. The second-order valence-corrected chi connectivity index (χ2v) is 7.17. The number of furan rings is 2. The molecule has 3 heterocycles. The number of aliphatic hydroxyl groups is 1. The maximum atomic E-state index is 13.4. The Bertz CT molecular complexity index is 1280. The van der Waals surface area contributed by atoms with E-state index in [1.165, 1.54) is 11.2 Å². The normalized spacial score (nSPS) is 16.6. The van der Waals surface area contributed by atoms with Gasteiger partial charge < -0.3 is 13.9 Å². The van der Waals surface area contributed by atoms with Crippen molar-refractivity contribution in [2.24, 2.45) is 0 Å². The molecule has 6 nitrogen and oxygen atoms in total. The third-order valence-electron chi connectivity index (χ3n) is 5.19. The quantitative estimate of drug-likeness (QED) is 0.482. The Morgan fingerprint density at radius 1 is 1.03 bits per heavy atom. The van der Waals surface area contributed by atoms with Crippen molar-refractivity contribution >= 4 is 28.3 Å². The summed E-state index contributed by atoms with van der Waals surface area (Å²) in [6.45, 7) is 1.90. The molecule has 6 heteroatoms. The Morgan fingerprint density at radius 2 is 1.87 bits per heavy atom. The van der Waals surface area contributed by atoms with Crippen molar-refractivity contribution < 1.29 is 23.5 Å². The number of hydrogen-bond acceptors (Lipinski definition) is 5. The van der Waals surface area contributed by atoms with Gasteiger partial charge in [-0.1, -0.05) is 30.3 Å². The van der Waals surface area contributed by atoms with Gasteiger partial charge >= 0.3 is 0 Å². The summed E-state index contributed by atoms with van der Waals surface area (Å²) in [5.74, 6) is -1.42. The van der Waals surface area contributed by atoms with Gasteiger partial charge in [-0.05, 0) is 48.9 Å². The van der Waals surface area contributed by atoms with Crippen molar-refractivity contribution in [2.45, 2.75) is 13.0 Å². The van der Waals surface area contributed by atoms with Gasteiger partial charge in [0, 0.05) is 11.1 Å². The molecule has 1 unspecified atom stereocenters. The van der Waals surface area contributed by atoms with Gasteiger partial charge in [-0.25, -0.2) is 0 Å². The molecule has 1 aliphatic heterocycles. The monoisotopic (exact) mass is 399 g/mol. The van der Waals surface area contributed by atoms with Crippen LogP contribution in [0.1, 0.15) is 27.9 Å². The minimum Gasteiger partial charge on any atom is -0.503 e. The molecule has 1 atom stereocenters. The summed E-state index contributed by atoms with van der Waals surface area (Å²) in [6.07, 6.45) is 1.47. The van der Waals surface area contributed by atoms with Gasteiger partial charge in [0.15, 0.2) is 11.5 Å². The van der Waals surface area contributed by atoms with Crippen molar-refractivity contribution in [1.29, 1.82) is 0 Å². The second-order valence-electron chi connectivity index (χ2n) is 7.17. The SMILES string of the molecule is Cc1cccc(N2C(=O)C(O)=C(C(=O)c3cc4ccccc4o3)C2c2ccco2)c1. The molecule has 1 N–H and O–H groups in total. The van der Waals surface area contributed by atoms with Crippen LogP contribution in [-0.2, 0) is 4.79 Å². The van der Waals surface area contributed by atoms with E-state index >= 15 is 0 Å². The lowest BCUT2D eigenvalue weighted by molar-refractivity contribution is -0.117. The lowest BCUT2D eigenvalue weighted by atomic mass is 9.99. The minimum absolute atomic E-state index is 0.0493. The number of aryl methyl sites for hydroxylation is 1. The fourth-order valence-corrected chi connectivity index (χ4v) is 3.82. The van der Waals surface area contributed by atoms with Gasteiger partial charge in [0.05, 0.1) is 11.8 Å². The van der Waals surface area contributed by atoms with Crippen LogP contribution in [0.5, 0.6) is 0 Å². The average molecular weight is 399 g/mol. The number of anilines is 1. The molecule has 30 heavy (non-hydrogen) atoms. The van der Waals surface area contributed by atoms with Crippen LogP contribution in [0.2, 0.25) is 0 Å². The first-order chi connectivity index (χ1) is 14.5. The Hall–Kier alpha value is -4.06. The topological polar surface area (TPSA) is 83.9 Å². The summed E-state index contributed by atoms with van der Waals surface area (Å²) < 4.78 is 11.2. The first-order valence-corrected chi connectivity index (χ1v) is 9.44. The number of rotatable bonds is 4. The fraction of sp³-hybridized carbons (Fsp3) is 0.0833. The predicted molar refractivity (Wildman–Crippen MR) is 110 cm³/mol. The third-order valence-corrected chi connectivity index (χ3v) is 5.19. The average Bonchev–Trinajstić information content (AvgIpc) is 3.46. The van der Waals surface area contributed by atoms with Crippen LogP contribution in [0, 0.1) is 6.92 Å². The Morgan fingerprint density at radius 3 is 2.60 bits per heavy atom. The number of aliphatic hydroxyl groups excluding tert-OH is 1. The second kappa shape index (κ2) is 6.77. The van der Waals surface area contributed by atoms with Gasteiger partial charge in [-0.15, -0.1) is 0 Å². The minimum atomic E-state index is -0.907. The van der Waals surface area contributed by atoms with Gasteiger partial charge in [0.2, 0.25) is 5.78 Å². The zero-order valence-electron chi connectivity index (χ0n) is 16.0. The molecule has 2 aromatic heterocycles. The van der Waals surface area contributed by atoms with E-state index < -0.39 is 23.5 Å². The third kappa shape index (κ3) is 2.73. The van der Waals surface area contributed by atoms with E-state index in [2.05, 4.69) is 0 Å². The zero-order chi connectivity index (χ0) is 20.8. The van der Waals surface area contributed by atoms with E-state index in [1.807, 2.05) is 37.3 Å². The summed E-state index contributed by atoms with van der Waals surface area (Å²) >= 11 is 0. The number of Topliss-reactive ketones (excluding diaryl/α,β-unsaturated/α-hetero) is 1. The highest BCUT2D eigenvalue weighted by Crippen LogP contribution is 2.42. The molecular formula is C24H17NO5. The van der Waals surface area contributed by atoms with Crippen molar-refractivity contribution in [3.05, 3.63) is 101 Å². The first-order valence-electron chi connectivity index (χ1n) is 9.44. The Labute approximate surface area is 171 Å². The maximum absolute atomic E-state index is 13.4. The maximum Gasteiger partial charge on any atom is 0.294 e. The molecule has 1 aliphatic rings. The van der Waals surface area contributed by atoms with Gasteiger partial charge in [-0.2, -0.15) is 0 Å². The number of carbonyl (C=O) groups excluding carboxylic acids is 2. The number of amides is 1. The number of fused-ring (bicyclic) bond motifs is 1. The van der Waals surface area contributed by atoms with E-state index in [4.69, 9.17) is 8.83 Å².